The van der Waals surface area contributed by atoms with Crippen LogP contribution in [0.25, 0.3) is 0 Å². The van der Waals surface area contributed by atoms with E-state index < -0.39 is 5.54 Å². The lowest BCUT2D eigenvalue weighted by Gasteiger charge is -2.30. The Morgan fingerprint density at radius 1 is 1.39 bits per heavy atom. The number of hydrogen-bond donors (Lipinski definition) is 3. The van der Waals surface area contributed by atoms with Gasteiger partial charge in [-0.05, 0) is 37.5 Å². The number of aromatic hydroxyl groups is 1. The fourth-order valence-corrected chi connectivity index (χ4v) is 2.06. The second kappa shape index (κ2) is 4.33. The van der Waals surface area contributed by atoms with E-state index in [0.29, 0.717) is 6.42 Å². The van der Waals surface area contributed by atoms with E-state index in [1.54, 1.807) is 24.1 Å². The van der Waals surface area contributed by atoms with Gasteiger partial charge in [-0.1, -0.05) is 12.1 Å². The molecule has 1 aliphatic rings. The number of likely N-dealkylation sites (N-methyl/N-ethyl adjacent to an activating group) is 1. The molecular formula is C13H17N3O2. The topological polar surface area (TPSA) is 76.4 Å². The molecule has 1 aromatic carbocycles. The summed E-state index contributed by atoms with van der Waals surface area (Å²) in [5.74, 6) is 0.487. The van der Waals surface area contributed by atoms with E-state index in [2.05, 4.69) is 5.32 Å². The number of nitrogens with zero attached hydrogens (tertiary/aromatic N) is 1. The molecule has 96 valence electrons. The third kappa shape index (κ3) is 2.03. The molecule has 3 N–H and O–H groups in total. The monoisotopic (exact) mass is 247 g/mol. The second-order valence-electron chi connectivity index (χ2n) is 4.80. The number of carbonyl (C=O) groups is 1. The quantitative estimate of drug-likeness (QED) is 0.760. The first-order valence-corrected chi connectivity index (χ1v) is 5.85. The highest BCUT2D eigenvalue weighted by molar-refractivity contribution is 6.08. The molecule has 2 rings (SSSR count). The second-order valence-corrected chi connectivity index (χ2v) is 4.80. The van der Waals surface area contributed by atoms with Gasteiger partial charge in [-0.25, -0.2) is 4.79 Å². The summed E-state index contributed by atoms with van der Waals surface area (Å²) < 4.78 is 0. The number of amides is 2. The highest BCUT2D eigenvalue weighted by Crippen LogP contribution is 2.26. The van der Waals surface area contributed by atoms with Gasteiger partial charge in [0.15, 0.2) is 0 Å². The molecule has 0 radical (unpaired) electrons. The van der Waals surface area contributed by atoms with E-state index in [0.717, 1.165) is 12.0 Å². The summed E-state index contributed by atoms with van der Waals surface area (Å²) in [6.07, 6.45) is 1.42. The van der Waals surface area contributed by atoms with Crippen LogP contribution in [0.15, 0.2) is 24.3 Å². The van der Waals surface area contributed by atoms with Crippen molar-refractivity contribution in [2.75, 3.05) is 7.05 Å². The van der Waals surface area contributed by atoms with Gasteiger partial charge in [-0.15, -0.1) is 0 Å². The molecule has 0 aromatic heterocycles. The summed E-state index contributed by atoms with van der Waals surface area (Å²) >= 11 is 0. The number of aryl methyl sites for hydroxylation is 1. The van der Waals surface area contributed by atoms with Gasteiger partial charge in [0.2, 0.25) is 0 Å². The fourth-order valence-electron chi connectivity index (χ4n) is 2.06. The van der Waals surface area contributed by atoms with Crippen LogP contribution in [-0.2, 0) is 6.42 Å². The number of nitrogens with one attached hydrogen (secondary N) is 2. The molecule has 1 atom stereocenters. The number of urea groups is 1. The van der Waals surface area contributed by atoms with Crippen molar-refractivity contribution in [3.63, 3.8) is 0 Å². The Morgan fingerprint density at radius 2 is 2.00 bits per heavy atom. The summed E-state index contributed by atoms with van der Waals surface area (Å²) in [6.45, 7) is 1.88. The van der Waals surface area contributed by atoms with Gasteiger partial charge < -0.3 is 10.0 Å². The molecule has 1 heterocycles. The highest BCUT2D eigenvalue weighted by Gasteiger charge is 2.43. The Hall–Kier alpha value is -2.04. The van der Waals surface area contributed by atoms with Gasteiger partial charge in [-0.3, -0.25) is 10.7 Å². The Morgan fingerprint density at radius 3 is 2.50 bits per heavy atom. The zero-order valence-electron chi connectivity index (χ0n) is 10.5. The average Bonchev–Trinajstić information content (AvgIpc) is 2.53. The standard InChI is InChI=1S/C13H17N3O2/c1-13(11(14)15-12(18)16(13)2)8-7-9-3-5-10(17)6-4-9/h3-6,17H,7-8H2,1-2H3,(H2,14,15,18). The van der Waals surface area contributed by atoms with Crippen molar-refractivity contribution >= 4 is 11.9 Å². The van der Waals surface area contributed by atoms with Crippen LogP contribution in [0.5, 0.6) is 5.75 Å². The number of phenolic OH excluding ortho intramolecular Hbond substituents is 1. The first-order valence-electron chi connectivity index (χ1n) is 5.85. The smallest absolute Gasteiger partial charge is 0.323 e. The van der Waals surface area contributed by atoms with Crippen LogP contribution in [-0.4, -0.2) is 34.5 Å². The summed E-state index contributed by atoms with van der Waals surface area (Å²) in [5, 5.41) is 19.6. The van der Waals surface area contributed by atoms with Crippen LogP contribution in [0.2, 0.25) is 0 Å². The first kappa shape index (κ1) is 12.4. The van der Waals surface area contributed by atoms with E-state index in [4.69, 9.17) is 5.41 Å². The molecule has 0 saturated carbocycles. The van der Waals surface area contributed by atoms with Crippen molar-refractivity contribution < 1.29 is 9.90 Å². The lowest BCUT2D eigenvalue weighted by Crippen LogP contribution is -2.44. The van der Waals surface area contributed by atoms with E-state index in [-0.39, 0.29) is 17.6 Å². The molecule has 2 amide bonds. The number of hydrogen-bond acceptors (Lipinski definition) is 3. The van der Waals surface area contributed by atoms with Crippen LogP contribution in [0.4, 0.5) is 4.79 Å². The van der Waals surface area contributed by atoms with Gasteiger partial charge in [0.1, 0.15) is 11.6 Å². The average molecular weight is 247 g/mol. The van der Waals surface area contributed by atoms with E-state index in [9.17, 15) is 9.90 Å². The van der Waals surface area contributed by atoms with Crippen molar-refractivity contribution in [1.82, 2.24) is 10.2 Å². The summed E-state index contributed by atoms with van der Waals surface area (Å²) in [7, 11) is 1.70. The lowest BCUT2D eigenvalue weighted by atomic mass is 9.92. The molecule has 1 aliphatic heterocycles. The summed E-state index contributed by atoms with van der Waals surface area (Å²) in [6, 6.07) is 6.77. The molecule has 0 aliphatic carbocycles. The number of phenols is 1. The largest absolute Gasteiger partial charge is 0.508 e. The SMILES string of the molecule is CN1C(=O)NC(=N)C1(C)CCc1ccc(O)cc1. The van der Waals surface area contributed by atoms with Gasteiger partial charge in [-0.2, -0.15) is 0 Å². The van der Waals surface area contributed by atoms with Crippen LogP contribution in [0.3, 0.4) is 0 Å². The van der Waals surface area contributed by atoms with Crippen molar-refractivity contribution in [1.29, 1.82) is 5.41 Å². The Bertz CT molecular complexity index is 484. The van der Waals surface area contributed by atoms with Crippen molar-refractivity contribution in [2.45, 2.75) is 25.3 Å². The Kier molecular flexibility index (Phi) is 2.98. The van der Waals surface area contributed by atoms with Gasteiger partial charge in [0.25, 0.3) is 0 Å². The number of amidine groups is 1. The van der Waals surface area contributed by atoms with Gasteiger partial charge in [0.05, 0.1) is 5.54 Å². The molecule has 5 nitrogen and oxygen atoms in total. The zero-order chi connectivity index (χ0) is 13.3. The van der Waals surface area contributed by atoms with Crippen molar-refractivity contribution in [2.24, 2.45) is 0 Å². The fraction of sp³-hybridized carbons (Fsp3) is 0.385. The normalized spacial score (nSPS) is 23.3. The van der Waals surface area contributed by atoms with Crippen LogP contribution < -0.4 is 5.32 Å². The first-order chi connectivity index (χ1) is 8.43. The van der Waals surface area contributed by atoms with E-state index in [1.165, 1.54) is 0 Å². The maximum Gasteiger partial charge on any atom is 0.323 e. The van der Waals surface area contributed by atoms with Crippen LogP contribution in [0.1, 0.15) is 18.9 Å². The third-order valence-corrected chi connectivity index (χ3v) is 3.65. The van der Waals surface area contributed by atoms with Crippen LogP contribution >= 0.6 is 0 Å². The Labute approximate surface area is 106 Å². The molecule has 0 bridgehead atoms. The molecule has 1 aromatic rings. The van der Waals surface area contributed by atoms with Gasteiger partial charge in [0, 0.05) is 7.05 Å². The zero-order valence-corrected chi connectivity index (χ0v) is 10.5. The predicted octanol–water partition coefficient (Wildman–Crippen LogP) is 1.72. The van der Waals surface area contributed by atoms with Gasteiger partial charge >= 0.3 is 6.03 Å². The molecule has 0 spiro atoms. The van der Waals surface area contributed by atoms with Crippen LogP contribution in [0, 0.1) is 5.41 Å². The molecule has 18 heavy (non-hydrogen) atoms. The minimum absolute atomic E-state index is 0.229. The lowest BCUT2D eigenvalue weighted by molar-refractivity contribution is 0.194. The molecule has 1 unspecified atom stereocenters. The number of carbonyl (C=O) groups excluding carboxylic acids is 1. The maximum absolute atomic E-state index is 11.5. The summed E-state index contributed by atoms with van der Waals surface area (Å²) in [4.78, 5) is 13.1. The minimum atomic E-state index is -0.574. The highest BCUT2D eigenvalue weighted by atomic mass is 16.3. The maximum atomic E-state index is 11.5. The molecule has 1 fully saturated rings. The number of rotatable bonds is 3. The molecule has 1 saturated heterocycles. The molecule has 5 heteroatoms. The minimum Gasteiger partial charge on any atom is -0.508 e. The van der Waals surface area contributed by atoms with E-state index in [1.807, 2.05) is 19.1 Å². The Balaban J connectivity index is 2.07. The van der Waals surface area contributed by atoms with Crippen molar-refractivity contribution in [3.05, 3.63) is 29.8 Å². The summed E-state index contributed by atoms with van der Waals surface area (Å²) in [5.41, 5.74) is 0.504. The predicted molar refractivity (Wildman–Crippen MR) is 68.9 cm³/mol. The van der Waals surface area contributed by atoms with Crippen molar-refractivity contribution in [3.8, 4) is 5.75 Å². The number of benzene rings is 1. The van der Waals surface area contributed by atoms with E-state index >= 15 is 0 Å². The third-order valence-electron chi connectivity index (χ3n) is 3.65. The molecular weight excluding hydrogens is 230 g/mol.